The van der Waals surface area contributed by atoms with Gasteiger partial charge in [0.2, 0.25) is 5.91 Å². The molecule has 1 aliphatic carbocycles. The number of nitrogens with two attached hydrogens (primary N) is 1. The third kappa shape index (κ3) is 5.30. The van der Waals surface area contributed by atoms with Crippen LogP contribution in [-0.2, 0) is 4.79 Å². The van der Waals surface area contributed by atoms with Crippen LogP contribution >= 0.6 is 11.8 Å². The highest BCUT2D eigenvalue weighted by molar-refractivity contribution is 7.99. The Morgan fingerprint density at radius 1 is 1.35 bits per heavy atom. The fourth-order valence-electron chi connectivity index (χ4n) is 2.20. The average molecular weight is 258 g/mol. The minimum Gasteiger partial charge on any atom is -0.355 e. The van der Waals surface area contributed by atoms with Gasteiger partial charge in [-0.05, 0) is 32.9 Å². The summed E-state index contributed by atoms with van der Waals surface area (Å²) in [4.78, 5) is 11.9. The summed E-state index contributed by atoms with van der Waals surface area (Å²) in [6.45, 7) is 4.98. The number of carbonyl (C=O) groups excluding carboxylic acids is 1. The Morgan fingerprint density at radius 2 is 1.94 bits per heavy atom. The maximum atomic E-state index is 11.9. The highest BCUT2D eigenvalue weighted by atomic mass is 32.2. The number of thioether (sulfide) groups is 1. The molecule has 0 aliphatic heterocycles. The minimum atomic E-state index is -0.244. The molecule has 1 fully saturated rings. The summed E-state index contributed by atoms with van der Waals surface area (Å²) >= 11 is 1.77. The smallest absolute Gasteiger partial charge is 0.221 e. The van der Waals surface area contributed by atoms with Gasteiger partial charge in [0.05, 0.1) is 0 Å². The first-order chi connectivity index (χ1) is 7.87. The molecular formula is C13H26N2OS. The van der Waals surface area contributed by atoms with E-state index >= 15 is 0 Å². The SMILES string of the molecule is CSC(C)(C)CNC(=O)CC1(N)CCCCC1. The van der Waals surface area contributed by atoms with Crippen molar-refractivity contribution in [3.05, 3.63) is 0 Å². The van der Waals surface area contributed by atoms with Crippen molar-refractivity contribution in [2.45, 2.75) is 62.7 Å². The lowest BCUT2D eigenvalue weighted by Crippen LogP contribution is -2.47. The van der Waals surface area contributed by atoms with Gasteiger partial charge in [0.25, 0.3) is 0 Å². The predicted octanol–water partition coefficient (Wildman–Crippen LogP) is 2.30. The molecular weight excluding hydrogens is 232 g/mol. The largest absolute Gasteiger partial charge is 0.355 e. The van der Waals surface area contributed by atoms with Crippen LogP contribution in [0.15, 0.2) is 0 Å². The Hall–Kier alpha value is -0.220. The van der Waals surface area contributed by atoms with E-state index in [4.69, 9.17) is 5.73 Å². The van der Waals surface area contributed by atoms with Crippen molar-refractivity contribution in [1.82, 2.24) is 5.32 Å². The first-order valence-corrected chi connectivity index (χ1v) is 7.70. The summed E-state index contributed by atoms with van der Waals surface area (Å²) in [6.07, 6.45) is 8.13. The molecule has 0 atom stereocenters. The Morgan fingerprint density at radius 3 is 2.47 bits per heavy atom. The summed E-state index contributed by atoms with van der Waals surface area (Å²) in [5, 5.41) is 3.01. The quantitative estimate of drug-likeness (QED) is 0.795. The summed E-state index contributed by atoms with van der Waals surface area (Å²) in [5.41, 5.74) is 6.02. The highest BCUT2D eigenvalue weighted by Crippen LogP contribution is 2.28. The molecule has 0 radical (unpaired) electrons. The third-order valence-electron chi connectivity index (χ3n) is 3.63. The van der Waals surface area contributed by atoms with Crippen LogP contribution in [0.1, 0.15) is 52.4 Å². The van der Waals surface area contributed by atoms with E-state index in [0.717, 1.165) is 12.8 Å². The lowest BCUT2D eigenvalue weighted by Gasteiger charge is -2.33. The molecule has 1 rings (SSSR count). The van der Waals surface area contributed by atoms with Crippen molar-refractivity contribution >= 4 is 17.7 Å². The van der Waals surface area contributed by atoms with E-state index < -0.39 is 0 Å². The second-order valence-corrected chi connectivity index (χ2v) is 7.35. The molecule has 3 nitrogen and oxygen atoms in total. The van der Waals surface area contributed by atoms with Crippen LogP contribution in [0.4, 0.5) is 0 Å². The van der Waals surface area contributed by atoms with Crippen LogP contribution in [0.3, 0.4) is 0 Å². The van der Waals surface area contributed by atoms with Crippen molar-refractivity contribution in [2.24, 2.45) is 5.73 Å². The zero-order valence-electron chi connectivity index (χ0n) is 11.3. The maximum Gasteiger partial charge on any atom is 0.221 e. The molecule has 0 aromatic heterocycles. The fraction of sp³-hybridized carbons (Fsp3) is 0.923. The molecule has 100 valence electrons. The molecule has 0 aromatic rings. The highest BCUT2D eigenvalue weighted by Gasteiger charge is 2.30. The van der Waals surface area contributed by atoms with Crippen LogP contribution < -0.4 is 11.1 Å². The van der Waals surface area contributed by atoms with Crippen LogP contribution in [0.25, 0.3) is 0 Å². The van der Waals surface area contributed by atoms with E-state index in [1.807, 2.05) is 0 Å². The van der Waals surface area contributed by atoms with E-state index in [1.165, 1.54) is 19.3 Å². The van der Waals surface area contributed by atoms with Gasteiger partial charge in [-0.25, -0.2) is 0 Å². The van der Waals surface area contributed by atoms with Crippen molar-refractivity contribution in [1.29, 1.82) is 0 Å². The number of amides is 1. The van der Waals surface area contributed by atoms with Crippen molar-refractivity contribution in [3.63, 3.8) is 0 Å². The van der Waals surface area contributed by atoms with Gasteiger partial charge >= 0.3 is 0 Å². The zero-order valence-corrected chi connectivity index (χ0v) is 12.2. The van der Waals surface area contributed by atoms with Gasteiger partial charge in [-0.15, -0.1) is 0 Å². The van der Waals surface area contributed by atoms with Crippen LogP contribution in [0.2, 0.25) is 0 Å². The third-order valence-corrected chi connectivity index (χ3v) is 4.88. The fourth-order valence-corrected chi connectivity index (χ4v) is 2.42. The molecule has 3 N–H and O–H groups in total. The molecule has 0 unspecified atom stereocenters. The molecule has 1 saturated carbocycles. The Labute approximate surface area is 109 Å². The van der Waals surface area contributed by atoms with E-state index in [1.54, 1.807) is 11.8 Å². The van der Waals surface area contributed by atoms with Crippen LogP contribution in [0, 0.1) is 0 Å². The van der Waals surface area contributed by atoms with Crippen LogP contribution in [0.5, 0.6) is 0 Å². The summed E-state index contributed by atoms with van der Waals surface area (Å²) in [6, 6.07) is 0. The minimum absolute atomic E-state index is 0.101. The van der Waals surface area contributed by atoms with E-state index in [-0.39, 0.29) is 16.2 Å². The van der Waals surface area contributed by atoms with E-state index in [9.17, 15) is 4.79 Å². The van der Waals surface area contributed by atoms with E-state index in [2.05, 4.69) is 25.4 Å². The summed E-state index contributed by atoms with van der Waals surface area (Å²) in [5.74, 6) is 0.108. The molecule has 0 bridgehead atoms. The Bertz CT molecular complexity index is 260. The standard InChI is InChI=1S/C13H26N2OS/c1-12(2,17-3)10-15-11(16)9-13(14)7-5-4-6-8-13/h4-10,14H2,1-3H3,(H,15,16). The maximum absolute atomic E-state index is 11.9. The first kappa shape index (κ1) is 14.8. The van der Waals surface area contributed by atoms with Crippen molar-refractivity contribution in [2.75, 3.05) is 12.8 Å². The van der Waals surface area contributed by atoms with Gasteiger partial charge in [-0.3, -0.25) is 4.79 Å². The van der Waals surface area contributed by atoms with E-state index in [0.29, 0.717) is 13.0 Å². The molecule has 1 aliphatic rings. The lowest BCUT2D eigenvalue weighted by molar-refractivity contribution is -0.122. The molecule has 4 heteroatoms. The monoisotopic (exact) mass is 258 g/mol. The second-order valence-electron chi connectivity index (χ2n) is 5.84. The molecule has 0 aromatic carbocycles. The molecule has 0 heterocycles. The number of hydrogen-bond donors (Lipinski definition) is 2. The topological polar surface area (TPSA) is 55.1 Å². The van der Waals surface area contributed by atoms with Gasteiger partial charge in [-0.1, -0.05) is 19.3 Å². The molecule has 0 spiro atoms. The summed E-state index contributed by atoms with van der Waals surface area (Å²) in [7, 11) is 0. The summed E-state index contributed by atoms with van der Waals surface area (Å²) < 4.78 is 0.101. The zero-order chi connectivity index (χ0) is 12.9. The number of carbonyl (C=O) groups is 1. The number of hydrogen-bond acceptors (Lipinski definition) is 3. The molecule has 17 heavy (non-hydrogen) atoms. The normalized spacial score (nSPS) is 20.0. The molecule has 0 saturated heterocycles. The number of nitrogens with one attached hydrogen (secondary N) is 1. The van der Waals surface area contributed by atoms with Gasteiger partial charge in [-0.2, -0.15) is 11.8 Å². The van der Waals surface area contributed by atoms with Gasteiger partial charge < -0.3 is 11.1 Å². The molecule has 1 amide bonds. The number of rotatable bonds is 5. The average Bonchev–Trinajstić information content (AvgIpc) is 2.27. The van der Waals surface area contributed by atoms with Crippen LogP contribution in [-0.4, -0.2) is 29.0 Å². The predicted molar refractivity (Wildman–Crippen MR) is 75.2 cm³/mol. The first-order valence-electron chi connectivity index (χ1n) is 6.48. The van der Waals surface area contributed by atoms with Gasteiger partial charge in [0.15, 0.2) is 0 Å². The Balaban J connectivity index is 2.33. The van der Waals surface area contributed by atoms with Crippen molar-refractivity contribution < 1.29 is 4.79 Å². The van der Waals surface area contributed by atoms with Crippen molar-refractivity contribution in [3.8, 4) is 0 Å². The lowest BCUT2D eigenvalue weighted by atomic mass is 9.80. The second kappa shape index (κ2) is 6.10. The van der Waals surface area contributed by atoms with Gasteiger partial charge in [0, 0.05) is 23.3 Å². The van der Waals surface area contributed by atoms with Gasteiger partial charge in [0.1, 0.15) is 0 Å². The Kier molecular flexibility index (Phi) is 5.32.